The Bertz CT molecular complexity index is 830. The molecule has 24 heavy (non-hydrogen) atoms. The minimum absolute atomic E-state index is 0.675. The van der Waals surface area contributed by atoms with E-state index in [1.165, 1.54) is 17.1 Å². The fraction of sp³-hybridized carbons (Fsp3) is 0.190. The van der Waals surface area contributed by atoms with Crippen molar-refractivity contribution in [1.29, 1.82) is 0 Å². The lowest BCUT2D eigenvalue weighted by molar-refractivity contribution is 0.340. The highest BCUT2D eigenvalue weighted by Crippen LogP contribution is 2.21. The molecule has 0 amide bonds. The van der Waals surface area contributed by atoms with Crippen LogP contribution in [-0.4, -0.2) is 17.4 Å². The third-order valence-electron chi connectivity index (χ3n) is 3.99. The van der Waals surface area contributed by atoms with E-state index >= 15 is 0 Å². The normalized spacial score (nSPS) is 11.1. The molecule has 0 radical (unpaired) electrons. The lowest BCUT2D eigenvalue weighted by Gasteiger charge is -2.09. The summed E-state index contributed by atoms with van der Waals surface area (Å²) in [5.41, 5.74) is 5.61. The average molecular weight is 318 g/mol. The zero-order valence-corrected chi connectivity index (χ0v) is 14.4. The predicted octanol–water partition coefficient (Wildman–Crippen LogP) is 5.24. The van der Waals surface area contributed by atoms with Crippen molar-refractivity contribution in [3.05, 3.63) is 77.6 Å². The molecule has 3 heteroatoms. The first-order valence-electron chi connectivity index (χ1n) is 8.20. The Morgan fingerprint density at radius 3 is 2.38 bits per heavy atom. The number of aliphatic imine (C=N–C) groups is 1. The van der Waals surface area contributed by atoms with Gasteiger partial charge in [0.05, 0.1) is 12.3 Å². The van der Waals surface area contributed by atoms with Gasteiger partial charge in [-0.1, -0.05) is 18.2 Å². The summed E-state index contributed by atoms with van der Waals surface area (Å²) in [7, 11) is 0. The molecule has 0 atom stereocenters. The van der Waals surface area contributed by atoms with Crippen molar-refractivity contribution >= 4 is 11.9 Å². The molecule has 0 N–H and O–H groups in total. The van der Waals surface area contributed by atoms with Gasteiger partial charge in [-0.05, 0) is 63.2 Å². The van der Waals surface area contributed by atoms with Crippen molar-refractivity contribution in [2.75, 3.05) is 6.61 Å². The molecule has 0 aliphatic carbocycles. The second kappa shape index (κ2) is 7.18. The van der Waals surface area contributed by atoms with Gasteiger partial charge in [-0.15, -0.1) is 0 Å². The Morgan fingerprint density at radius 2 is 1.71 bits per heavy atom. The van der Waals surface area contributed by atoms with Crippen LogP contribution in [0.15, 0.2) is 65.7 Å². The van der Waals surface area contributed by atoms with E-state index in [0.29, 0.717) is 6.61 Å². The van der Waals surface area contributed by atoms with Crippen molar-refractivity contribution in [3.63, 3.8) is 0 Å². The minimum Gasteiger partial charge on any atom is -0.494 e. The highest BCUT2D eigenvalue weighted by atomic mass is 16.5. The van der Waals surface area contributed by atoms with Crippen LogP contribution in [0, 0.1) is 13.8 Å². The molecule has 2 aromatic carbocycles. The van der Waals surface area contributed by atoms with E-state index in [-0.39, 0.29) is 0 Å². The number of rotatable bonds is 5. The number of hydrogen-bond donors (Lipinski definition) is 0. The van der Waals surface area contributed by atoms with Gasteiger partial charge in [0.15, 0.2) is 0 Å². The lowest BCUT2D eigenvalue weighted by Crippen LogP contribution is -1.98. The maximum Gasteiger partial charge on any atom is 0.119 e. The summed E-state index contributed by atoms with van der Waals surface area (Å²) in [6.07, 6.45) is 1.93. The number of nitrogens with zero attached hydrogens (tertiary/aromatic N) is 2. The number of aromatic nitrogens is 1. The van der Waals surface area contributed by atoms with E-state index in [9.17, 15) is 0 Å². The summed E-state index contributed by atoms with van der Waals surface area (Å²) in [6, 6.07) is 20.4. The molecule has 0 fully saturated rings. The van der Waals surface area contributed by atoms with Gasteiger partial charge in [0.25, 0.3) is 0 Å². The molecule has 0 unspecified atom stereocenters. The van der Waals surface area contributed by atoms with Crippen LogP contribution in [0.25, 0.3) is 5.69 Å². The van der Waals surface area contributed by atoms with Gasteiger partial charge in [-0.2, -0.15) is 0 Å². The Labute approximate surface area is 143 Å². The second-order valence-electron chi connectivity index (χ2n) is 5.68. The van der Waals surface area contributed by atoms with Crippen molar-refractivity contribution in [3.8, 4) is 11.4 Å². The van der Waals surface area contributed by atoms with Gasteiger partial charge in [0.2, 0.25) is 0 Å². The van der Waals surface area contributed by atoms with Gasteiger partial charge in [-0.25, -0.2) is 0 Å². The second-order valence-corrected chi connectivity index (χ2v) is 5.68. The Hall–Kier alpha value is -2.81. The maximum atomic E-state index is 5.46. The van der Waals surface area contributed by atoms with E-state index in [2.05, 4.69) is 53.7 Å². The molecular weight excluding hydrogens is 296 g/mol. The average Bonchev–Trinajstić information content (AvgIpc) is 2.89. The zero-order chi connectivity index (χ0) is 16.9. The van der Waals surface area contributed by atoms with Gasteiger partial charge in [0.1, 0.15) is 5.75 Å². The maximum absolute atomic E-state index is 5.46. The molecule has 122 valence electrons. The largest absolute Gasteiger partial charge is 0.494 e. The van der Waals surface area contributed by atoms with Crippen LogP contribution in [0.5, 0.6) is 5.75 Å². The van der Waals surface area contributed by atoms with E-state index in [1.54, 1.807) is 0 Å². The number of ether oxygens (including phenoxy) is 1. The fourth-order valence-electron chi connectivity index (χ4n) is 2.83. The van der Waals surface area contributed by atoms with Crippen LogP contribution in [0.4, 0.5) is 5.69 Å². The van der Waals surface area contributed by atoms with E-state index in [1.807, 2.05) is 43.5 Å². The van der Waals surface area contributed by atoms with Gasteiger partial charge >= 0.3 is 0 Å². The summed E-state index contributed by atoms with van der Waals surface area (Å²) in [5.74, 6) is 0.874. The van der Waals surface area contributed by atoms with Crippen molar-refractivity contribution in [1.82, 2.24) is 4.57 Å². The van der Waals surface area contributed by atoms with Gasteiger partial charge in [-0.3, -0.25) is 4.99 Å². The third-order valence-corrected chi connectivity index (χ3v) is 3.99. The van der Waals surface area contributed by atoms with Crippen LogP contribution < -0.4 is 4.74 Å². The SMILES string of the molecule is CCOc1ccc(N=Cc2cc(C)n(-c3ccccc3)c2C)cc1. The summed E-state index contributed by atoms with van der Waals surface area (Å²) >= 11 is 0. The summed E-state index contributed by atoms with van der Waals surface area (Å²) in [6.45, 7) is 6.90. The monoisotopic (exact) mass is 318 g/mol. The number of hydrogen-bond acceptors (Lipinski definition) is 2. The molecule has 0 aliphatic rings. The lowest BCUT2D eigenvalue weighted by atomic mass is 10.2. The first-order chi connectivity index (χ1) is 11.7. The van der Waals surface area contributed by atoms with Crippen molar-refractivity contribution < 1.29 is 4.74 Å². The highest BCUT2D eigenvalue weighted by Gasteiger charge is 2.08. The van der Waals surface area contributed by atoms with Crippen molar-refractivity contribution in [2.45, 2.75) is 20.8 Å². The van der Waals surface area contributed by atoms with Gasteiger partial charge < -0.3 is 9.30 Å². The fourth-order valence-corrected chi connectivity index (χ4v) is 2.83. The molecule has 3 aromatic rings. The van der Waals surface area contributed by atoms with Crippen LogP contribution in [-0.2, 0) is 0 Å². The summed E-state index contributed by atoms with van der Waals surface area (Å²) in [5, 5.41) is 0. The molecule has 1 aromatic heterocycles. The molecule has 0 bridgehead atoms. The zero-order valence-electron chi connectivity index (χ0n) is 14.4. The molecule has 3 nitrogen and oxygen atoms in total. The molecular formula is C21H22N2O. The number of aryl methyl sites for hydroxylation is 1. The van der Waals surface area contributed by atoms with Crippen LogP contribution >= 0.6 is 0 Å². The smallest absolute Gasteiger partial charge is 0.119 e. The van der Waals surface area contributed by atoms with E-state index in [4.69, 9.17) is 4.74 Å². The molecule has 1 heterocycles. The molecule has 3 rings (SSSR count). The van der Waals surface area contributed by atoms with Crippen LogP contribution in [0.1, 0.15) is 23.9 Å². The van der Waals surface area contributed by atoms with E-state index < -0.39 is 0 Å². The topological polar surface area (TPSA) is 26.5 Å². The first-order valence-corrected chi connectivity index (χ1v) is 8.20. The minimum atomic E-state index is 0.675. The number of benzene rings is 2. The molecule has 0 spiro atoms. The standard InChI is InChI=1S/C21H22N2O/c1-4-24-21-12-10-19(11-13-21)22-15-18-14-16(2)23(17(18)3)20-8-6-5-7-9-20/h5-15H,4H2,1-3H3. The highest BCUT2D eigenvalue weighted by molar-refractivity contribution is 5.84. The van der Waals surface area contributed by atoms with E-state index in [0.717, 1.165) is 17.0 Å². The first kappa shape index (κ1) is 16.1. The quantitative estimate of drug-likeness (QED) is 0.591. The Morgan fingerprint density at radius 1 is 1.00 bits per heavy atom. The summed E-state index contributed by atoms with van der Waals surface area (Å²) in [4.78, 5) is 4.59. The van der Waals surface area contributed by atoms with Crippen molar-refractivity contribution in [2.24, 2.45) is 4.99 Å². The predicted molar refractivity (Wildman–Crippen MR) is 100 cm³/mol. The molecule has 0 saturated heterocycles. The van der Waals surface area contributed by atoms with Crippen LogP contribution in [0.2, 0.25) is 0 Å². The van der Waals surface area contributed by atoms with Gasteiger partial charge in [0, 0.05) is 28.9 Å². The molecule has 0 aliphatic heterocycles. The summed E-state index contributed by atoms with van der Waals surface area (Å²) < 4.78 is 7.71. The Balaban J connectivity index is 1.85. The third kappa shape index (κ3) is 3.40. The Kier molecular flexibility index (Phi) is 4.80. The molecule has 0 saturated carbocycles. The van der Waals surface area contributed by atoms with Crippen LogP contribution in [0.3, 0.4) is 0 Å². The number of para-hydroxylation sites is 1.